The number of carbonyl (C=O) groups excluding carboxylic acids is 4. The van der Waals surface area contributed by atoms with Gasteiger partial charge >= 0.3 is 5.97 Å². The topological polar surface area (TPSA) is 147 Å². The van der Waals surface area contributed by atoms with Crippen LogP contribution in [0.15, 0.2) is 36.4 Å². The molecule has 2 aliphatic rings. The molecule has 3 rings (SSSR count). The zero-order valence-corrected chi connectivity index (χ0v) is 21.1. The van der Waals surface area contributed by atoms with E-state index in [0.29, 0.717) is 25.1 Å². The highest BCUT2D eigenvalue weighted by Gasteiger charge is 2.29. The number of methoxy groups -OCH3 is 1. The van der Waals surface area contributed by atoms with Gasteiger partial charge in [0.1, 0.15) is 30.5 Å². The van der Waals surface area contributed by atoms with Crippen molar-refractivity contribution in [1.82, 2.24) is 26.8 Å². The second kappa shape index (κ2) is 15.5. The Balaban J connectivity index is 2.30. The lowest BCUT2D eigenvalue weighted by atomic mass is 10.0. The third kappa shape index (κ3) is 10.0. The standard InChI is InChI=1S/C25H37N5O6/c1-17(31)28-22-16-18-10-12-19(13-11-18)36-15-7-5-9-21(25(34)35-3)30-23(32)20(29-24(22)33)8-4-6-14-27-26-2/h5,7,10-13,20-22,26-27H,4,6,8-9,14-16H2,1-3H3,(H,28,31)(H,29,33)(H,30,32)/b7-5-/t20-,21-,22-/m0/s1. The number of fused-ring (bicyclic) bond motifs is 13. The number of benzene rings is 1. The molecule has 198 valence electrons. The predicted octanol–water partition coefficient (Wildman–Crippen LogP) is 0.109. The SMILES string of the molecule is CNNCCCC[C@@H]1NC(=O)[C@@H](NC(C)=O)Cc2ccc(cc2)OC/C=C\C[C@@H](C(=O)OC)NC1=O. The monoisotopic (exact) mass is 503 g/mol. The summed E-state index contributed by atoms with van der Waals surface area (Å²) in [5, 5.41) is 8.15. The molecule has 5 N–H and O–H groups in total. The molecular weight excluding hydrogens is 466 g/mol. The second-order valence-electron chi connectivity index (χ2n) is 8.44. The quantitative estimate of drug-likeness (QED) is 0.145. The second-order valence-corrected chi connectivity index (χ2v) is 8.44. The summed E-state index contributed by atoms with van der Waals surface area (Å²) >= 11 is 0. The third-order valence-corrected chi connectivity index (χ3v) is 5.60. The first kappa shape index (κ1) is 28.8. The Morgan fingerprint density at radius 3 is 2.50 bits per heavy atom. The summed E-state index contributed by atoms with van der Waals surface area (Å²) in [7, 11) is 3.01. The van der Waals surface area contributed by atoms with Gasteiger partial charge in [0.05, 0.1) is 7.11 Å². The lowest BCUT2D eigenvalue weighted by Gasteiger charge is -2.24. The first-order valence-corrected chi connectivity index (χ1v) is 12.1. The molecule has 1 aromatic carbocycles. The van der Waals surface area contributed by atoms with Crippen LogP contribution >= 0.6 is 0 Å². The van der Waals surface area contributed by atoms with Gasteiger partial charge in [-0.2, -0.15) is 0 Å². The van der Waals surface area contributed by atoms with Crippen LogP contribution in [-0.4, -0.2) is 69.1 Å². The van der Waals surface area contributed by atoms with Crippen LogP contribution in [0.1, 0.15) is 38.2 Å². The highest BCUT2D eigenvalue weighted by atomic mass is 16.5. The Bertz CT molecular complexity index is 905. The maximum atomic E-state index is 13.2. The highest BCUT2D eigenvalue weighted by molar-refractivity contribution is 5.93. The molecule has 11 nitrogen and oxygen atoms in total. The van der Waals surface area contributed by atoms with E-state index in [2.05, 4.69) is 26.8 Å². The summed E-state index contributed by atoms with van der Waals surface area (Å²) in [6.07, 6.45) is 5.67. The molecule has 0 aliphatic carbocycles. The Morgan fingerprint density at radius 1 is 1.08 bits per heavy atom. The zero-order chi connectivity index (χ0) is 26.3. The van der Waals surface area contributed by atoms with Crippen molar-refractivity contribution in [2.75, 3.05) is 27.3 Å². The predicted molar refractivity (Wildman–Crippen MR) is 134 cm³/mol. The molecule has 0 unspecified atom stereocenters. The van der Waals surface area contributed by atoms with Gasteiger partial charge in [0.25, 0.3) is 0 Å². The number of amides is 3. The van der Waals surface area contributed by atoms with Crippen molar-refractivity contribution in [2.45, 2.75) is 57.2 Å². The van der Waals surface area contributed by atoms with Gasteiger partial charge in [0.15, 0.2) is 0 Å². The van der Waals surface area contributed by atoms with Crippen LogP contribution in [0.25, 0.3) is 0 Å². The van der Waals surface area contributed by atoms with Crippen LogP contribution in [-0.2, 0) is 30.3 Å². The molecule has 0 fully saturated rings. The Morgan fingerprint density at radius 2 is 1.83 bits per heavy atom. The van der Waals surface area contributed by atoms with Gasteiger partial charge in [0, 0.05) is 19.9 Å². The van der Waals surface area contributed by atoms with E-state index < -0.39 is 35.9 Å². The molecule has 11 heteroatoms. The van der Waals surface area contributed by atoms with Gasteiger partial charge in [-0.1, -0.05) is 24.3 Å². The summed E-state index contributed by atoms with van der Waals surface area (Å²) in [5.74, 6) is -1.31. The van der Waals surface area contributed by atoms with Gasteiger partial charge in [-0.25, -0.2) is 4.79 Å². The van der Waals surface area contributed by atoms with Crippen molar-refractivity contribution in [3.63, 3.8) is 0 Å². The normalized spacial score (nSPS) is 21.9. The largest absolute Gasteiger partial charge is 0.490 e. The number of ether oxygens (including phenoxy) is 2. The summed E-state index contributed by atoms with van der Waals surface area (Å²) in [5.41, 5.74) is 6.64. The number of nitrogens with one attached hydrogen (secondary N) is 5. The summed E-state index contributed by atoms with van der Waals surface area (Å²) < 4.78 is 10.5. The smallest absolute Gasteiger partial charge is 0.328 e. The molecule has 3 atom stereocenters. The van der Waals surface area contributed by atoms with Crippen LogP contribution in [0.4, 0.5) is 0 Å². The van der Waals surface area contributed by atoms with Crippen molar-refractivity contribution in [3.05, 3.63) is 42.0 Å². The average molecular weight is 504 g/mol. The van der Waals surface area contributed by atoms with E-state index in [1.807, 2.05) is 12.1 Å². The summed E-state index contributed by atoms with van der Waals surface area (Å²) in [6, 6.07) is 4.51. The number of carbonyl (C=O) groups is 4. The van der Waals surface area contributed by atoms with Crippen molar-refractivity contribution >= 4 is 23.7 Å². The number of hydrazine groups is 1. The molecule has 0 aromatic heterocycles. The fourth-order valence-electron chi connectivity index (χ4n) is 3.71. The Hall–Kier alpha value is -3.44. The molecule has 2 bridgehead atoms. The van der Waals surface area contributed by atoms with Crippen LogP contribution in [0.3, 0.4) is 0 Å². The minimum absolute atomic E-state index is 0.196. The summed E-state index contributed by atoms with van der Waals surface area (Å²) in [6.45, 7) is 2.29. The van der Waals surface area contributed by atoms with Crippen LogP contribution in [0.5, 0.6) is 5.75 Å². The minimum atomic E-state index is -0.926. The molecule has 2 heterocycles. The number of rotatable bonds is 8. The highest BCUT2D eigenvalue weighted by Crippen LogP contribution is 2.14. The van der Waals surface area contributed by atoms with E-state index in [4.69, 9.17) is 9.47 Å². The lowest BCUT2D eigenvalue weighted by Crippen LogP contribution is -2.56. The maximum Gasteiger partial charge on any atom is 0.328 e. The lowest BCUT2D eigenvalue weighted by molar-refractivity contribution is -0.145. The number of unbranched alkanes of at least 4 members (excludes halogenated alkanes) is 1. The fourth-order valence-corrected chi connectivity index (χ4v) is 3.71. The maximum absolute atomic E-state index is 13.2. The van der Waals surface area contributed by atoms with Crippen LogP contribution < -0.4 is 31.5 Å². The first-order valence-electron chi connectivity index (χ1n) is 12.1. The Labute approximate surface area is 211 Å². The van der Waals surface area contributed by atoms with Crippen molar-refractivity contribution in [3.8, 4) is 5.75 Å². The molecule has 0 saturated heterocycles. The zero-order valence-electron chi connectivity index (χ0n) is 21.1. The van der Waals surface area contributed by atoms with Crippen molar-refractivity contribution in [2.24, 2.45) is 0 Å². The number of hydrogen-bond donors (Lipinski definition) is 5. The molecule has 0 radical (unpaired) electrons. The van der Waals surface area contributed by atoms with Crippen LogP contribution in [0, 0.1) is 0 Å². The van der Waals surface area contributed by atoms with Gasteiger partial charge in [0.2, 0.25) is 17.7 Å². The van der Waals surface area contributed by atoms with E-state index in [-0.39, 0.29) is 25.4 Å². The van der Waals surface area contributed by atoms with E-state index in [1.165, 1.54) is 14.0 Å². The van der Waals surface area contributed by atoms with Crippen molar-refractivity contribution < 1.29 is 28.7 Å². The molecular formula is C25H37N5O6. The molecule has 2 aliphatic heterocycles. The molecule has 1 aromatic rings. The fraction of sp³-hybridized carbons (Fsp3) is 0.520. The number of hydrogen-bond acceptors (Lipinski definition) is 8. The van der Waals surface area contributed by atoms with Gasteiger partial charge in [-0.05, 0) is 50.4 Å². The van der Waals surface area contributed by atoms with Crippen LogP contribution in [0.2, 0.25) is 0 Å². The van der Waals surface area contributed by atoms with E-state index in [9.17, 15) is 19.2 Å². The van der Waals surface area contributed by atoms with Gasteiger partial charge in [-0.3, -0.25) is 25.2 Å². The average Bonchev–Trinajstić information content (AvgIpc) is 2.86. The van der Waals surface area contributed by atoms with Crippen molar-refractivity contribution in [1.29, 1.82) is 0 Å². The Kier molecular flexibility index (Phi) is 12.4. The molecule has 3 amide bonds. The molecule has 36 heavy (non-hydrogen) atoms. The van der Waals surface area contributed by atoms with E-state index >= 15 is 0 Å². The molecule has 0 spiro atoms. The number of esters is 1. The van der Waals surface area contributed by atoms with E-state index in [0.717, 1.165) is 12.0 Å². The van der Waals surface area contributed by atoms with E-state index in [1.54, 1.807) is 31.3 Å². The minimum Gasteiger partial charge on any atom is -0.490 e. The summed E-state index contributed by atoms with van der Waals surface area (Å²) in [4.78, 5) is 50.5. The molecule has 0 saturated carbocycles. The first-order chi connectivity index (χ1) is 17.3. The van der Waals surface area contributed by atoms with Gasteiger partial charge < -0.3 is 25.4 Å². The van der Waals surface area contributed by atoms with Gasteiger partial charge in [-0.15, -0.1) is 0 Å². The third-order valence-electron chi connectivity index (χ3n) is 5.60.